The van der Waals surface area contributed by atoms with Gasteiger partial charge in [-0.2, -0.15) is 8.78 Å². The van der Waals surface area contributed by atoms with Gasteiger partial charge in [-0.3, -0.25) is 4.79 Å². The third-order valence-corrected chi connectivity index (χ3v) is 4.82. The number of para-hydroxylation sites is 1. The van der Waals surface area contributed by atoms with Crippen LogP contribution in [0.4, 0.5) is 14.5 Å². The lowest BCUT2D eigenvalue weighted by molar-refractivity contribution is -0.133. The van der Waals surface area contributed by atoms with Gasteiger partial charge in [0.05, 0.1) is 18.4 Å². The van der Waals surface area contributed by atoms with Crippen LogP contribution in [-0.4, -0.2) is 44.5 Å². The zero-order valence-electron chi connectivity index (χ0n) is 15.0. The molecule has 2 aliphatic heterocycles. The Labute approximate surface area is 152 Å². The van der Waals surface area contributed by atoms with E-state index < -0.39 is 12.7 Å². The second kappa shape index (κ2) is 8.77. The topological polar surface area (TPSA) is 48.0 Å². The van der Waals surface area contributed by atoms with Crippen molar-refractivity contribution < 1.29 is 27.8 Å². The zero-order chi connectivity index (χ0) is 18.5. The van der Waals surface area contributed by atoms with Gasteiger partial charge in [-0.15, -0.1) is 0 Å². The highest BCUT2D eigenvalue weighted by molar-refractivity contribution is 5.98. The number of rotatable bonds is 6. The van der Waals surface area contributed by atoms with E-state index in [-0.39, 0.29) is 17.8 Å². The maximum atomic E-state index is 12.9. The molecule has 1 amide bonds. The SMILES string of the molecule is CC(OCC1CCCCO1)C(=O)N1CCCc2cccc(OC(F)F)c21. The number of halogens is 2. The summed E-state index contributed by atoms with van der Waals surface area (Å²) in [7, 11) is 0. The second-order valence-corrected chi connectivity index (χ2v) is 6.70. The van der Waals surface area contributed by atoms with Crippen LogP contribution >= 0.6 is 0 Å². The third-order valence-electron chi connectivity index (χ3n) is 4.82. The van der Waals surface area contributed by atoms with E-state index in [2.05, 4.69) is 4.74 Å². The molecule has 1 saturated heterocycles. The Morgan fingerprint density at radius 3 is 2.92 bits per heavy atom. The molecule has 3 rings (SSSR count). The summed E-state index contributed by atoms with van der Waals surface area (Å²) in [6, 6.07) is 4.98. The van der Waals surface area contributed by atoms with E-state index >= 15 is 0 Å². The van der Waals surface area contributed by atoms with Gasteiger partial charge >= 0.3 is 6.61 Å². The standard InChI is InChI=1S/C19H25F2NO4/c1-13(25-12-15-8-2-3-11-24-15)18(23)22-10-5-7-14-6-4-9-16(17(14)22)26-19(20)21/h4,6,9,13,15,19H,2-3,5,7-8,10-12H2,1H3. The van der Waals surface area contributed by atoms with E-state index in [0.717, 1.165) is 44.3 Å². The highest BCUT2D eigenvalue weighted by atomic mass is 19.3. The second-order valence-electron chi connectivity index (χ2n) is 6.70. The molecule has 0 aliphatic carbocycles. The molecule has 2 atom stereocenters. The number of aryl methyl sites for hydroxylation is 1. The highest BCUT2D eigenvalue weighted by Gasteiger charge is 2.30. The first-order valence-corrected chi connectivity index (χ1v) is 9.17. The van der Waals surface area contributed by atoms with Crippen molar-refractivity contribution in [3.8, 4) is 5.75 Å². The molecule has 0 aromatic heterocycles. The lowest BCUT2D eigenvalue weighted by atomic mass is 10.0. The van der Waals surface area contributed by atoms with E-state index in [1.165, 1.54) is 11.0 Å². The normalized spacial score (nSPS) is 21.4. The van der Waals surface area contributed by atoms with Crippen LogP contribution in [0.5, 0.6) is 5.75 Å². The molecule has 7 heteroatoms. The van der Waals surface area contributed by atoms with E-state index in [1.807, 2.05) is 6.07 Å². The highest BCUT2D eigenvalue weighted by Crippen LogP contribution is 2.37. The number of hydrogen-bond donors (Lipinski definition) is 0. The molecule has 0 N–H and O–H groups in total. The minimum Gasteiger partial charge on any atom is -0.433 e. The first kappa shape index (κ1) is 19.0. The summed E-state index contributed by atoms with van der Waals surface area (Å²) < 4.78 is 41.5. The fourth-order valence-corrected chi connectivity index (χ4v) is 3.51. The predicted octanol–water partition coefficient (Wildman–Crippen LogP) is 3.54. The van der Waals surface area contributed by atoms with Crippen LogP contribution in [-0.2, 0) is 20.7 Å². The van der Waals surface area contributed by atoms with E-state index in [9.17, 15) is 13.6 Å². The smallest absolute Gasteiger partial charge is 0.387 e. The Hall–Kier alpha value is -1.73. The molecule has 0 saturated carbocycles. The first-order chi connectivity index (χ1) is 12.6. The minimum absolute atomic E-state index is 0.0189. The van der Waals surface area contributed by atoms with Crippen LogP contribution in [0.2, 0.25) is 0 Å². The summed E-state index contributed by atoms with van der Waals surface area (Å²) in [5, 5.41) is 0. The number of alkyl halides is 2. The van der Waals surface area contributed by atoms with Gasteiger partial charge in [0.2, 0.25) is 0 Å². The largest absolute Gasteiger partial charge is 0.433 e. The molecule has 2 heterocycles. The van der Waals surface area contributed by atoms with Crippen molar-refractivity contribution in [1.29, 1.82) is 0 Å². The molecule has 5 nitrogen and oxygen atoms in total. The molecule has 2 unspecified atom stereocenters. The Bertz CT molecular complexity index is 620. The van der Waals surface area contributed by atoms with Crippen LogP contribution in [0, 0.1) is 0 Å². The van der Waals surface area contributed by atoms with E-state index in [4.69, 9.17) is 9.47 Å². The number of amides is 1. The Morgan fingerprint density at radius 2 is 2.19 bits per heavy atom. The molecule has 1 aromatic carbocycles. The number of carbonyl (C=O) groups is 1. The maximum Gasteiger partial charge on any atom is 0.387 e. The number of fused-ring (bicyclic) bond motifs is 1. The van der Waals surface area contributed by atoms with Crippen molar-refractivity contribution in [2.75, 3.05) is 24.7 Å². The van der Waals surface area contributed by atoms with Crippen molar-refractivity contribution in [2.45, 2.75) is 57.8 Å². The van der Waals surface area contributed by atoms with E-state index in [1.54, 1.807) is 13.0 Å². The quantitative estimate of drug-likeness (QED) is 0.770. The van der Waals surface area contributed by atoms with Gasteiger partial charge < -0.3 is 19.1 Å². The van der Waals surface area contributed by atoms with Gasteiger partial charge in [0.1, 0.15) is 11.9 Å². The molecule has 0 spiro atoms. The number of nitrogens with zero attached hydrogens (tertiary/aromatic N) is 1. The summed E-state index contributed by atoms with van der Waals surface area (Å²) in [6.45, 7) is 0.309. The molecule has 0 radical (unpaired) electrons. The fourth-order valence-electron chi connectivity index (χ4n) is 3.51. The van der Waals surface area contributed by atoms with Gasteiger partial charge in [0.15, 0.2) is 0 Å². The Balaban J connectivity index is 1.70. The summed E-state index contributed by atoms with van der Waals surface area (Å²) >= 11 is 0. The first-order valence-electron chi connectivity index (χ1n) is 9.17. The monoisotopic (exact) mass is 369 g/mol. The van der Waals surface area contributed by atoms with Crippen molar-refractivity contribution in [2.24, 2.45) is 0 Å². The lowest BCUT2D eigenvalue weighted by Gasteiger charge is -2.33. The molecule has 144 valence electrons. The van der Waals surface area contributed by atoms with Gasteiger partial charge in [0.25, 0.3) is 5.91 Å². The van der Waals surface area contributed by atoms with Crippen LogP contribution in [0.25, 0.3) is 0 Å². The van der Waals surface area contributed by atoms with Crippen molar-refractivity contribution in [3.05, 3.63) is 23.8 Å². The van der Waals surface area contributed by atoms with E-state index in [0.29, 0.717) is 18.8 Å². The number of hydrogen-bond acceptors (Lipinski definition) is 4. The molecular weight excluding hydrogens is 344 g/mol. The summed E-state index contributed by atoms with van der Waals surface area (Å²) in [6.07, 6.45) is 3.93. The molecular formula is C19H25F2NO4. The average molecular weight is 369 g/mol. The van der Waals surface area contributed by atoms with Crippen LogP contribution < -0.4 is 9.64 Å². The lowest BCUT2D eigenvalue weighted by Crippen LogP contribution is -2.43. The summed E-state index contributed by atoms with van der Waals surface area (Å²) in [5.74, 6) is -0.208. The molecule has 0 bridgehead atoms. The molecule has 1 aromatic rings. The maximum absolute atomic E-state index is 12.9. The van der Waals surface area contributed by atoms with Gasteiger partial charge in [0, 0.05) is 13.2 Å². The summed E-state index contributed by atoms with van der Waals surface area (Å²) in [4.78, 5) is 14.4. The van der Waals surface area contributed by atoms with Gasteiger partial charge in [-0.25, -0.2) is 0 Å². The van der Waals surface area contributed by atoms with Crippen LogP contribution in [0.3, 0.4) is 0 Å². The average Bonchev–Trinajstić information content (AvgIpc) is 2.65. The van der Waals surface area contributed by atoms with Crippen LogP contribution in [0.15, 0.2) is 18.2 Å². The van der Waals surface area contributed by atoms with Crippen molar-refractivity contribution in [1.82, 2.24) is 0 Å². The number of ether oxygens (including phenoxy) is 3. The van der Waals surface area contributed by atoms with Crippen molar-refractivity contribution >= 4 is 11.6 Å². The molecule has 1 fully saturated rings. The summed E-state index contributed by atoms with van der Waals surface area (Å²) in [5.41, 5.74) is 1.28. The molecule has 26 heavy (non-hydrogen) atoms. The Kier molecular flexibility index (Phi) is 6.43. The number of benzene rings is 1. The van der Waals surface area contributed by atoms with Crippen LogP contribution in [0.1, 0.15) is 38.2 Å². The van der Waals surface area contributed by atoms with Gasteiger partial charge in [-0.1, -0.05) is 12.1 Å². The third kappa shape index (κ3) is 4.51. The molecule has 2 aliphatic rings. The minimum atomic E-state index is -2.93. The zero-order valence-corrected chi connectivity index (χ0v) is 15.0. The van der Waals surface area contributed by atoms with Crippen molar-refractivity contribution in [3.63, 3.8) is 0 Å². The fraction of sp³-hybridized carbons (Fsp3) is 0.632. The van der Waals surface area contributed by atoms with Gasteiger partial charge in [-0.05, 0) is 50.7 Å². The Morgan fingerprint density at radius 1 is 1.35 bits per heavy atom. The number of anilines is 1. The predicted molar refractivity (Wildman–Crippen MR) is 92.8 cm³/mol. The number of carbonyl (C=O) groups excluding carboxylic acids is 1.